The number of hydrogen-bond acceptors (Lipinski definition) is 4. The Labute approximate surface area is 184 Å². The van der Waals surface area contributed by atoms with Gasteiger partial charge in [-0.15, -0.1) is 11.3 Å². The van der Waals surface area contributed by atoms with Gasteiger partial charge in [-0.2, -0.15) is 0 Å². The normalized spacial score (nSPS) is 11.2. The van der Waals surface area contributed by atoms with Crippen LogP contribution in [0.15, 0.2) is 67.3 Å². The van der Waals surface area contributed by atoms with Crippen LogP contribution in [0.5, 0.6) is 5.75 Å². The molecule has 3 nitrogen and oxygen atoms in total. The van der Waals surface area contributed by atoms with Gasteiger partial charge in [0.2, 0.25) is 0 Å². The topological polar surface area (TPSA) is 35.5 Å². The van der Waals surface area contributed by atoms with E-state index in [0.717, 1.165) is 58.7 Å². The summed E-state index contributed by atoms with van der Waals surface area (Å²) in [6.07, 6.45) is 3.02. The first-order chi connectivity index (χ1) is 15.1. The average molecular weight is 435 g/mol. The number of thiophene rings is 1. The Bertz CT molecular complexity index is 1240. The minimum absolute atomic E-state index is 0.0795. The van der Waals surface area contributed by atoms with Crippen molar-refractivity contribution in [3.8, 4) is 16.9 Å². The molecule has 0 fully saturated rings. The summed E-state index contributed by atoms with van der Waals surface area (Å²) >= 11 is 1.36. The van der Waals surface area contributed by atoms with E-state index in [1.54, 1.807) is 6.07 Å². The fraction of sp³-hybridized carbons (Fsp3) is 0.192. The molecule has 158 valence electrons. The number of halogens is 1. The highest BCUT2D eigenvalue weighted by Crippen LogP contribution is 2.40. The molecular weight excluding hydrogens is 411 g/mol. The quantitative estimate of drug-likeness (QED) is 0.131. The molecule has 0 N–H and O–H groups in total. The third-order valence-corrected chi connectivity index (χ3v) is 6.33. The van der Waals surface area contributed by atoms with Crippen molar-refractivity contribution in [2.45, 2.75) is 19.8 Å². The van der Waals surface area contributed by atoms with Gasteiger partial charge in [0.15, 0.2) is 11.6 Å². The molecule has 4 rings (SSSR count). The SMILES string of the molecule is C=CC(=O)Oc1ccc2c(sc3cc(-c4ccc(CCCOCC)cc4)ccc32)c1F. The average Bonchev–Trinajstić information content (AvgIpc) is 3.17. The molecule has 0 aliphatic carbocycles. The van der Waals surface area contributed by atoms with Gasteiger partial charge < -0.3 is 9.47 Å². The third-order valence-electron chi connectivity index (χ3n) is 5.17. The Morgan fingerprint density at radius 3 is 2.55 bits per heavy atom. The number of carbonyl (C=O) groups excluding carboxylic acids is 1. The van der Waals surface area contributed by atoms with Gasteiger partial charge in [0.05, 0.1) is 4.70 Å². The monoisotopic (exact) mass is 434 g/mol. The van der Waals surface area contributed by atoms with E-state index < -0.39 is 11.8 Å². The zero-order chi connectivity index (χ0) is 21.8. The number of benzene rings is 3. The van der Waals surface area contributed by atoms with Crippen LogP contribution in [-0.2, 0) is 16.0 Å². The van der Waals surface area contributed by atoms with Crippen LogP contribution in [0.4, 0.5) is 4.39 Å². The molecule has 0 aliphatic rings. The second-order valence-electron chi connectivity index (χ2n) is 7.19. The maximum absolute atomic E-state index is 14.9. The molecule has 0 unspecified atom stereocenters. The van der Waals surface area contributed by atoms with Crippen molar-refractivity contribution in [1.29, 1.82) is 0 Å². The standard InChI is InChI=1S/C26H23FO3S/c1-3-24(28)30-22-14-13-21-20-12-11-19(16-23(20)31-26(21)25(22)27)18-9-7-17(8-10-18)6-5-15-29-4-2/h3,7-14,16H,1,4-6,15H2,2H3. The Balaban J connectivity index is 1.61. The van der Waals surface area contributed by atoms with Gasteiger partial charge in [-0.3, -0.25) is 0 Å². The molecular formula is C26H23FO3S. The lowest BCUT2D eigenvalue weighted by molar-refractivity contribution is -0.129. The van der Waals surface area contributed by atoms with Gasteiger partial charge in [0.25, 0.3) is 0 Å². The molecule has 0 saturated heterocycles. The van der Waals surface area contributed by atoms with E-state index in [1.807, 2.05) is 13.0 Å². The van der Waals surface area contributed by atoms with Crippen molar-refractivity contribution in [3.63, 3.8) is 0 Å². The van der Waals surface area contributed by atoms with E-state index in [1.165, 1.54) is 23.0 Å². The van der Waals surface area contributed by atoms with Gasteiger partial charge in [-0.1, -0.05) is 43.0 Å². The molecule has 0 bridgehead atoms. The van der Waals surface area contributed by atoms with Crippen LogP contribution in [0.3, 0.4) is 0 Å². The Morgan fingerprint density at radius 2 is 1.81 bits per heavy atom. The number of carbonyl (C=O) groups is 1. The first-order valence-corrected chi connectivity index (χ1v) is 11.1. The van der Waals surface area contributed by atoms with Crippen LogP contribution in [0.2, 0.25) is 0 Å². The molecule has 0 radical (unpaired) electrons. The highest BCUT2D eigenvalue weighted by molar-refractivity contribution is 7.25. The van der Waals surface area contributed by atoms with E-state index in [2.05, 4.69) is 43.0 Å². The summed E-state index contributed by atoms with van der Waals surface area (Å²) in [6, 6.07) is 18.0. The smallest absolute Gasteiger partial charge is 0.335 e. The van der Waals surface area contributed by atoms with Crippen LogP contribution in [0.1, 0.15) is 18.9 Å². The summed E-state index contributed by atoms with van der Waals surface area (Å²) in [5.74, 6) is -1.28. The Hall–Kier alpha value is -3.02. The van der Waals surface area contributed by atoms with Gasteiger partial charge >= 0.3 is 5.97 Å². The van der Waals surface area contributed by atoms with Crippen molar-refractivity contribution in [2.75, 3.05) is 13.2 Å². The molecule has 0 spiro atoms. The molecule has 31 heavy (non-hydrogen) atoms. The van der Waals surface area contributed by atoms with E-state index in [0.29, 0.717) is 4.70 Å². The number of ether oxygens (including phenoxy) is 2. The van der Waals surface area contributed by atoms with E-state index in [4.69, 9.17) is 9.47 Å². The predicted molar refractivity (Wildman–Crippen MR) is 125 cm³/mol. The molecule has 0 atom stereocenters. The van der Waals surface area contributed by atoms with Crippen LogP contribution < -0.4 is 4.74 Å². The summed E-state index contributed by atoms with van der Waals surface area (Å²) < 4.78 is 26.8. The van der Waals surface area contributed by atoms with Gasteiger partial charge in [0, 0.05) is 34.8 Å². The molecule has 1 heterocycles. The zero-order valence-corrected chi connectivity index (χ0v) is 18.1. The fourth-order valence-corrected chi connectivity index (χ4v) is 4.76. The lowest BCUT2D eigenvalue weighted by atomic mass is 10.0. The highest BCUT2D eigenvalue weighted by atomic mass is 32.1. The molecule has 4 aromatic rings. The number of rotatable bonds is 8. The van der Waals surface area contributed by atoms with E-state index >= 15 is 0 Å². The largest absolute Gasteiger partial charge is 0.420 e. The van der Waals surface area contributed by atoms with Crippen molar-refractivity contribution in [3.05, 3.63) is 78.6 Å². The zero-order valence-electron chi connectivity index (χ0n) is 17.3. The summed E-state index contributed by atoms with van der Waals surface area (Å²) in [7, 11) is 0. The van der Waals surface area contributed by atoms with Crippen LogP contribution in [0, 0.1) is 5.82 Å². The number of esters is 1. The van der Waals surface area contributed by atoms with Crippen LogP contribution in [0.25, 0.3) is 31.3 Å². The fourth-order valence-electron chi connectivity index (χ4n) is 3.58. The van der Waals surface area contributed by atoms with E-state index in [-0.39, 0.29) is 5.75 Å². The van der Waals surface area contributed by atoms with Gasteiger partial charge in [-0.05, 0) is 54.7 Å². The molecule has 0 amide bonds. The van der Waals surface area contributed by atoms with Crippen molar-refractivity contribution in [1.82, 2.24) is 0 Å². The summed E-state index contributed by atoms with van der Waals surface area (Å²) in [4.78, 5) is 11.4. The summed E-state index contributed by atoms with van der Waals surface area (Å²) in [5, 5.41) is 1.80. The lowest BCUT2D eigenvalue weighted by Gasteiger charge is -2.06. The molecule has 3 aromatic carbocycles. The minimum Gasteiger partial charge on any atom is -0.420 e. The molecule has 0 saturated carbocycles. The van der Waals surface area contributed by atoms with Gasteiger partial charge in [-0.25, -0.2) is 9.18 Å². The second-order valence-corrected chi connectivity index (χ2v) is 8.24. The predicted octanol–water partition coefficient (Wildman–Crippen LogP) is 6.92. The Morgan fingerprint density at radius 1 is 1.06 bits per heavy atom. The highest BCUT2D eigenvalue weighted by Gasteiger charge is 2.16. The van der Waals surface area contributed by atoms with Crippen molar-refractivity contribution in [2.24, 2.45) is 0 Å². The van der Waals surface area contributed by atoms with Gasteiger partial charge in [0.1, 0.15) is 0 Å². The Kier molecular flexibility index (Phi) is 6.44. The van der Waals surface area contributed by atoms with Crippen LogP contribution >= 0.6 is 11.3 Å². The first kappa shape index (κ1) is 21.2. The number of aryl methyl sites for hydroxylation is 1. The maximum Gasteiger partial charge on any atom is 0.335 e. The number of fused-ring (bicyclic) bond motifs is 3. The maximum atomic E-state index is 14.9. The summed E-state index contributed by atoms with van der Waals surface area (Å²) in [6.45, 7) is 6.89. The van der Waals surface area contributed by atoms with Crippen molar-refractivity contribution >= 4 is 37.5 Å². The number of hydrogen-bond donors (Lipinski definition) is 0. The molecule has 1 aromatic heterocycles. The molecule has 5 heteroatoms. The second kappa shape index (κ2) is 9.41. The first-order valence-electron chi connectivity index (χ1n) is 10.3. The van der Waals surface area contributed by atoms with Crippen molar-refractivity contribution < 1.29 is 18.7 Å². The van der Waals surface area contributed by atoms with Crippen LogP contribution in [-0.4, -0.2) is 19.2 Å². The third kappa shape index (κ3) is 4.53. The van der Waals surface area contributed by atoms with E-state index in [9.17, 15) is 9.18 Å². The molecule has 0 aliphatic heterocycles. The summed E-state index contributed by atoms with van der Waals surface area (Å²) in [5.41, 5.74) is 3.49. The minimum atomic E-state index is -0.678. The lowest BCUT2D eigenvalue weighted by Crippen LogP contribution is -2.04.